The molecule has 1 N–H and O–H groups in total. The van der Waals surface area contributed by atoms with Crippen molar-refractivity contribution in [1.29, 1.82) is 0 Å². The van der Waals surface area contributed by atoms with Crippen molar-refractivity contribution in [2.75, 3.05) is 5.43 Å². The molecule has 0 radical (unpaired) electrons. The fourth-order valence-electron chi connectivity index (χ4n) is 0.986. The summed E-state index contributed by atoms with van der Waals surface area (Å²) < 4.78 is 1.64. The topological polar surface area (TPSA) is 46.9 Å². The Kier molecular flexibility index (Phi) is 2.47. The first-order valence-corrected chi connectivity index (χ1v) is 3.96. The van der Waals surface area contributed by atoms with Crippen LogP contribution in [0.1, 0.15) is 25.4 Å². The van der Waals surface area contributed by atoms with E-state index in [2.05, 4.69) is 10.4 Å². The molecule has 1 amide bonds. The van der Waals surface area contributed by atoms with Crippen LogP contribution in [0.25, 0.3) is 0 Å². The average Bonchev–Trinajstić information content (AvgIpc) is 2.31. The summed E-state index contributed by atoms with van der Waals surface area (Å²) in [5, 5.41) is 0. The number of aryl methyl sites for hydroxylation is 2. The van der Waals surface area contributed by atoms with Gasteiger partial charge in [0.05, 0.1) is 5.69 Å². The van der Waals surface area contributed by atoms with Gasteiger partial charge in [-0.25, -0.2) is 9.66 Å². The molecule has 1 aromatic rings. The quantitative estimate of drug-likeness (QED) is 0.709. The number of hydrogen-bond acceptors (Lipinski definition) is 2. The Morgan fingerprint density at radius 1 is 1.75 bits per heavy atom. The van der Waals surface area contributed by atoms with Crippen molar-refractivity contribution in [2.45, 2.75) is 27.2 Å². The highest BCUT2D eigenvalue weighted by Crippen LogP contribution is 2.00. The predicted molar refractivity (Wildman–Crippen MR) is 46.4 cm³/mol. The first kappa shape index (κ1) is 8.77. The monoisotopic (exact) mass is 167 g/mol. The number of carbonyl (C=O) groups is 1. The number of nitrogens with zero attached hydrogens (tertiary/aromatic N) is 2. The van der Waals surface area contributed by atoms with Crippen LogP contribution in [0.2, 0.25) is 0 Å². The zero-order chi connectivity index (χ0) is 9.14. The Hall–Kier alpha value is -1.32. The number of hydrogen-bond donors (Lipinski definition) is 1. The van der Waals surface area contributed by atoms with Gasteiger partial charge in [0.25, 0.3) is 0 Å². The zero-order valence-electron chi connectivity index (χ0n) is 7.59. The number of rotatable bonds is 2. The van der Waals surface area contributed by atoms with Gasteiger partial charge in [-0.2, -0.15) is 0 Å². The maximum Gasteiger partial charge on any atom is 0.235 e. The molecule has 0 aliphatic carbocycles. The maximum absolute atomic E-state index is 10.7. The highest BCUT2D eigenvalue weighted by atomic mass is 16.2. The number of carbonyl (C=O) groups excluding carboxylic acids is 1. The minimum Gasteiger partial charge on any atom is -0.274 e. The second-order valence-electron chi connectivity index (χ2n) is 2.67. The van der Waals surface area contributed by atoms with E-state index in [1.807, 2.05) is 20.0 Å². The molecule has 1 aromatic heterocycles. The van der Waals surface area contributed by atoms with E-state index in [4.69, 9.17) is 0 Å². The molecule has 66 valence electrons. The molecular formula is C8H13N3O. The standard InChI is InChI=1S/C8H13N3O/c1-4-8-5-11(6(2)9-8)10-7(3)12/h5H,4H2,1-3H3,(H,10,12). The molecule has 0 spiro atoms. The molecular weight excluding hydrogens is 154 g/mol. The summed E-state index contributed by atoms with van der Waals surface area (Å²) in [6, 6.07) is 0. The van der Waals surface area contributed by atoms with Crippen molar-refractivity contribution in [3.63, 3.8) is 0 Å². The second kappa shape index (κ2) is 3.38. The number of imidazole rings is 1. The van der Waals surface area contributed by atoms with Gasteiger partial charge >= 0.3 is 0 Å². The Bertz CT molecular complexity index is 290. The van der Waals surface area contributed by atoms with Crippen molar-refractivity contribution in [1.82, 2.24) is 9.66 Å². The molecule has 0 atom stereocenters. The van der Waals surface area contributed by atoms with Gasteiger partial charge in [0, 0.05) is 13.1 Å². The summed E-state index contributed by atoms with van der Waals surface area (Å²) >= 11 is 0. The molecule has 1 rings (SSSR count). The summed E-state index contributed by atoms with van der Waals surface area (Å²) in [6.45, 7) is 5.36. The highest BCUT2D eigenvalue weighted by molar-refractivity contribution is 5.80. The first-order chi connectivity index (χ1) is 5.63. The van der Waals surface area contributed by atoms with Crippen LogP contribution in [-0.2, 0) is 11.2 Å². The molecule has 0 unspecified atom stereocenters. The van der Waals surface area contributed by atoms with Gasteiger partial charge in [0.1, 0.15) is 5.82 Å². The van der Waals surface area contributed by atoms with Crippen molar-refractivity contribution in [3.8, 4) is 0 Å². The first-order valence-electron chi connectivity index (χ1n) is 3.96. The van der Waals surface area contributed by atoms with Gasteiger partial charge in [-0.1, -0.05) is 6.92 Å². The van der Waals surface area contributed by atoms with E-state index >= 15 is 0 Å². The van der Waals surface area contributed by atoms with E-state index in [-0.39, 0.29) is 5.91 Å². The predicted octanol–water partition coefficient (Wildman–Crippen LogP) is 0.844. The largest absolute Gasteiger partial charge is 0.274 e. The minimum absolute atomic E-state index is 0.0850. The van der Waals surface area contributed by atoms with E-state index in [0.717, 1.165) is 17.9 Å². The van der Waals surface area contributed by atoms with Crippen LogP contribution in [0.4, 0.5) is 0 Å². The lowest BCUT2D eigenvalue weighted by atomic mass is 10.4. The van der Waals surface area contributed by atoms with Gasteiger partial charge in [-0.15, -0.1) is 0 Å². The van der Waals surface area contributed by atoms with Crippen molar-refractivity contribution in [2.24, 2.45) is 0 Å². The maximum atomic E-state index is 10.7. The van der Waals surface area contributed by atoms with Crippen LogP contribution in [0.15, 0.2) is 6.20 Å². The summed E-state index contributed by atoms with van der Waals surface area (Å²) in [5.41, 5.74) is 3.63. The molecule has 0 aliphatic heterocycles. The van der Waals surface area contributed by atoms with Crippen molar-refractivity contribution < 1.29 is 4.79 Å². The smallest absolute Gasteiger partial charge is 0.235 e. The van der Waals surface area contributed by atoms with E-state index < -0.39 is 0 Å². The third kappa shape index (κ3) is 1.84. The number of amides is 1. The number of nitrogens with one attached hydrogen (secondary N) is 1. The summed E-state index contributed by atoms with van der Waals surface area (Å²) in [5.74, 6) is 0.722. The molecule has 0 saturated heterocycles. The zero-order valence-corrected chi connectivity index (χ0v) is 7.59. The van der Waals surface area contributed by atoms with Crippen LogP contribution < -0.4 is 5.43 Å². The van der Waals surface area contributed by atoms with Crippen molar-refractivity contribution in [3.05, 3.63) is 17.7 Å². The van der Waals surface area contributed by atoms with Crippen molar-refractivity contribution >= 4 is 5.91 Å². The molecule has 12 heavy (non-hydrogen) atoms. The minimum atomic E-state index is -0.0850. The Morgan fingerprint density at radius 2 is 2.42 bits per heavy atom. The third-order valence-electron chi connectivity index (χ3n) is 1.57. The van der Waals surface area contributed by atoms with Gasteiger partial charge in [-0.3, -0.25) is 10.2 Å². The Labute approximate surface area is 71.6 Å². The highest BCUT2D eigenvalue weighted by Gasteiger charge is 2.02. The number of aromatic nitrogens is 2. The average molecular weight is 167 g/mol. The Balaban J connectivity index is 2.84. The van der Waals surface area contributed by atoms with Crippen LogP contribution in [0, 0.1) is 6.92 Å². The lowest BCUT2D eigenvalue weighted by molar-refractivity contribution is -0.115. The molecule has 0 aliphatic rings. The lowest BCUT2D eigenvalue weighted by Crippen LogP contribution is -2.19. The van der Waals surface area contributed by atoms with Gasteiger partial charge in [0.2, 0.25) is 5.91 Å². The van der Waals surface area contributed by atoms with Crippen LogP contribution in [-0.4, -0.2) is 15.6 Å². The van der Waals surface area contributed by atoms with Crippen LogP contribution >= 0.6 is 0 Å². The molecule has 0 fully saturated rings. The van der Waals surface area contributed by atoms with E-state index in [9.17, 15) is 4.79 Å². The summed E-state index contributed by atoms with van der Waals surface area (Å²) in [4.78, 5) is 14.9. The molecule has 0 aromatic carbocycles. The molecule has 4 heteroatoms. The Morgan fingerprint density at radius 3 is 2.83 bits per heavy atom. The van der Waals surface area contributed by atoms with Crippen LogP contribution in [0.3, 0.4) is 0 Å². The van der Waals surface area contributed by atoms with Gasteiger partial charge < -0.3 is 0 Å². The fraction of sp³-hybridized carbons (Fsp3) is 0.500. The molecule has 0 bridgehead atoms. The van der Waals surface area contributed by atoms with E-state index in [1.54, 1.807) is 4.68 Å². The van der Waals surface area contributed by atoms with Crippen LogP contribution in [0.5, 0.6) is 0 Å². The normalized spacial score (nSPS) is 9.92. The summed E-state index contributed by atoms with van der Waals surface area (Å²) in [7, 11) is 0. The van der Waals surface area contributed by atoms with Gasteiger partial charge in [-0.05, 0) is 13.3 Å². The third-order valence-corrected chi connectivity index (χ3v) is 1.57. The fourth-order valence-corrected chi connectivity index (χ4v) is 0.986. The molecule has 4 nitrogen and oxygen atoms in total. The van der Waals surface area contributed by atoms with Gasteiger partial charge in [0.15, 0.2) is 0 Å². The lowest BCUT2D eigenvalue weighted by Gasteiger charge is -2.02. The summed E-state index contributed by atoms with van der Waals surface area (Å²) in [6.07, 6.45) is 2.71. The molecule has 1 heterocycles. The second-order valence-corrected chi connectivity index (χ2v) is 2.67. The van der Waals surface area contributed by atoms with E-state index in [0.29, 0.717) is 0 Å². The molecule has 0 saturated carbocycles. The SMILES string of the molecule is CCc1cn(NC(C)=O)c(C)n1. The van der Waals surface area contributed by atoms with E-state index in [1.165, 1.54) is 6.92 Å².